The first kappa shape index (κ1) is 27.7. The van der Waals surface area contributed by atoms with E-state index in [1.54, 1.807) is 13.0 Å². The molecule has 0 aromatic heterocycles. The number of esters is 1. The Balaban J connectivity index is 1.97. The van der Waals surface area contributed by atoms with Crippen LogP contribution in [0.3, 0.4) is 0 Å². The molecule has 0 aromatic carbocycles. The Labute approximate surface area is 216 Å². The summed E-state index contributed by atoms with van der Waals surface area (Å²) < 4.78 is 13.3. The fourth-order valence-electron chi connectivity index (χ4n) is 8.33. The van der Waals surface area contributed by atoms with E-state index >= 15 is 0 Å². The molecule has 0 aromatic rings. The minimum atomic E-state index is -2.23. The molecule has 8 heteroatoms. The van der Waals surface area contributed by atoms with Crippen LogP contribution in [0.15, 0.2) is 23.3 Å². The average molecular weight is 521 g/mol. The molecule has 0 bridgehead atoms. The number of Topliss-reactive ketones (excluding diaryl/α,β-unsaturated/α-hetero) is 1. The lowest BCUT2D eigenvalue weighted by Crippen LogP contribution is -2.67. The number of hydrogen-bond acceptors (Lipinski definition) is 7. The molecule has 202 valence electrons. The molecule has 8 atom stereocenters. The number of rotatable bonds is 7. The first-order chi connectivity index (χ1) is 16.7. The van der Waals surface area contributed by atoms with Crippen LogP contribution in [0.2, 0.25) is 18.1 Å². The van der Waals surface area contributed by atoms with Gasteiger partial charge in [-0.25, -0.2) is 0 Å². The SMILES string of the molecule is CC[Si](CC)(CC)O[C@@H]1[C@@H](C)[C@@]2(O)C(C=C(CO)C[C@]3(O)C(=O)C(C)=C[C@@H]23)[C@@H]2C(C)(C)[C@]12OC(C)=O. The molecule has 0 amide bonds. The van der Waals surface area contributed by atoms with Crippen molar-refractivity contribution in [1.82, 2.24) is 0 Å². The minimum absolute atomic E-state index is 0.0385. The lowest BCUT2D eigenvalue weighted by molar-refractivity contribution is -0.215. The standard InChI is InChI=1S/C28H44O7Si/c1-9-36(10-2,11-3)35-24-17(5)27(33)20(22-25(7,8)28(22,24)34-18(6)30)13-19(15-29)14-26(32)21(27)12-16(4)23(26)31/h12-13,17,20-22,24,29,32-33H,9-11,14-15H2,1-8H3/t17-,20?,21-,22-,24-,26-,27-,28-/m1/s1. The summed E-state index contributed by atoms with van der Waals surface area (Å²) in [4.78, 5) is 25.8. The highest BCUT2D eigenvalue weighted by Gasteiger charge is 2.87. The highest BCUT2D eigenvalue weighted by molar-refractivity contribution is 6.73. The molecule has 0 spiro atoms. The van der Waals surface area contributed by atoms with Crippen molar-refractivity contribution in [3.8, 4) is 0 Å². The maximum atomic E-state index is 13.2. The van der Waals surface area contributed by atoms with E-state index < -0.39 is 66.1 Å². The summed E-state index contributed by atoms with van der Waals surface area (Å²) in [5.41, 5.74) is -3.91. The fraction of sp³-hybridized carbons (Fsp3) is 0.786. The van der Waals surface area contributed by atoms with Crippen molar-refractivity contribution in [3.63, 3.8) is 0 Å². The third kappa shape index (κ3) is 3.30. The monoisotopic (exact) mass is 520 g/mol. The van der Waals surface area contributed by atoms with E-state index in [9.17, 15) is 24.9 Å². The maximum absolute atomic E-state index is 13.2. The molecule has 4 aliphatic carbocycles. The number of carbonyl (C=O) groups is 2. The topological polar surface area (TPSA) is 113 Å². The second kappa shape index (κ2) is 8.60. The molecule has 4 aliphatic rings. The first-order valence-corrected chi connectivity index (χ1v) is 16.1. The Kier molecular flexibility index (Phi) is 6.62. The molecule has 0 radical (unpaired) electrons. The van der Waals surface area contributed by atoms with Crippen molar-refractivity contribution < 1.29 is 34.1 Å². The van der Waals surface area contributed by atoms with Crippen LogP contribution >= 0.6 is 0 Å². The zero-order chi connectivity index (χ0) is 27.1. The molecule has 3 N–H and O–H groups in total. The van der Waals surface area contributed by atoms with Crippen LogP contribution in [0.5, 0.6) is 0 Å². The van der Waals surface area contributed by atoms with Crippen molar-refractivity contribution in [3.05, 3.63) is 23.3 Å². The normalized spacial score (nSPS) is 43.0. The van der Waals surface area contributed by atoms with Gasteiger partial charge in [0.15, 0.2) is 14.1 Å². The van der Waals surface area contributed by atoms with Crippen molar-refractivity contribution in [2.45, 2.75) is 103 Å². The zero-order valence-corrected chi connectivity index (χ0v) is 24.1. The van der Waals surface area contributed by atoms with E-state index in [1.807, 2.05) is 26.8 Å². The maximum Gasteiger partial charge on any atom is 0.303 e. The molecule has 7 nitrogen and oxygen atoms in total. The predicted molar refractivity (Wildman–Crippen MR) is 138 cm³/mol. The smallest absolute Gasteiger partial charge is 0.303 e. The number of fused-ring (bicyclic) bond motifs is 5. The largest absolute Gasteiger partial charge is 0.456 e. The quantitative estimate of drug-likeness (QED) is 0.267. The number of ketones is 1. The summed E-state index contributed by atoms with van der Waals surface area (Å²) in [5.74, 6) is -3.06. The first-order valence-electron chi connectivity index (χ1n) is 13.5. The van der Waals surface area contributed by atoms with Gasteiger partial charge in [-0.3, -0.25) is 9.59 Å². The van der Waals surface area contributed by atoms with Gasteiger partial charge in [-0.1, -0.05) is 53.7 Å². The summed E-state index contributed by atoms with van der Waals surface area (Å²) in [5, 5.41) is 34.8. The van der Waals surface area contributed by atoms with Crippen LogP contribution in [0, 0.1) is 29.1 Å². The van der Waals surface area contributed by atoms with E-state index in [0.717, 1.165) is 18.1 Å². The minimum Gasteiger partial charge on any atom is -0.456 e. The Bertz CT molecular complexity index is 1010. The van der Waals surface area contributed by atoms with Crippen LogP contribution in [0.4, 0.5) is 0 Å². The van der Waals surface area contributed by atoms with E-state index in [0.29, 0.717) is 11.1 Å². The van der Waals surface area contributed by atoms with Gasteiger partial charge in [0.1, 0.15) is 11.2 Å². The molecule has 1 unspecified atom stereocenters. The van der Waals surface area contributed by atoms with Crippen molar-refractivity contribution >= 4 is 20.1 Å². The highest BCUT2D eigenvalue weighted by atomic mass is 28.4. The van der Waals surface area contributed by atoms with Crippen LogP contribution in [0.25, 0.3) is 0 Å². The lowest BCUT2D eigenvalue weighted by atomic mass is 9.59. The van der Waals surface area contributed by atoms with E-state index in [1.165, 1.54) is 6.92 Å². The van der Waals surface area contributed by atoms with Gasteiger partial charge in [0.25, 0.3) is 0 Å². The number of aliphatic hydroxyl groups is 3. The average Bonchev–Trinajstić information content (AvgIpc) is 3.25. The lowest BCUT2D eigenvalue weighted by Gasteiger charge is -2.55. The van der Waals surface area contributed by atoms with Gasteiger partial charge in [-0.2, -0.15) is 0 Å². The predicted octanol–water partition coefficient (Wildman–Crippen LogP) is 3.53. The number of ether oxygens (including phenoxy) is 1. The van der Waals surface area contributed by atoms with Crippen molar-refractivity contribution in [2.24, 2.45) is 29.1 Å². The van der Waals surface area contributed by atoms with Crippen molar-refractivity contribution in [2.75, 3.05) is 6.61 Å². The Morgan fingerprint density at radius 1 is 1.14 bits per heavy atom. The Morgan fingerprint density at radius 3 is 2.22 bits per heavy atom. The highest BCUT2D eigenvalue weighted by Crippen LogP contribution is 2.77. The van der Waals surface area contributed by atoms with Gasteiger partial charge < -0.3 is 24.5 Å². The zero-order valence-electron chi connectivity index (χ0n) is 23.1. The molecule has 0 saturated heterocycles. The van der Waals surface area contributed by atoms with E-state index in [4.69, 9.17) is 9.16 Å². The molecule has 0 heterocycles. The molecular formula is C28H44O7Si. The second-order valence-corrected chi connectivity index (χ2v) is 17.0. The number of aliphatic hydroxyl groups excluding tert-OH is 1. The molecule has 4 rings (SSSR count). The summed E-state index contributed by atoms with van der Waals surface area (Å²) in [6, 6.07) is 2.68. The summed E-state index contributed by atoms with van der Waals surface area (Å²) >= 11 is 0. The second-order valence-electron chi connectivity index (χ2n) is 12.3. The van der Waals surface area contributed by atoms with Gasteiger partial charge >= 0.3 is 5.97 Å². The molecule has 2 fully saturated rings. The Morgan fingerprint density at radius 2 is 1.72 bits per heavy atom. The third-order valence-corrected chi connectivity index (χ3v) is 15.2. The van der Waals surface area contributed by atoms with Gasteiger partial charge in [0.2, 0.25) is 0 Å². The van der Waals surface area contributed by atoms with Gasteiger partial charge in [0.05, 0.1) is 18.3 Å². The van der Waals surface area contributed by atoms with Crippen LogP contribution in [-0.4, -0.2) is 64.9 Å². The summed E-state index contributed by atoms with van der Waals surface area (Å²) in [6.45, 7) is 15.2. The fourth-order valence-corrected chi connectivity index (χ4v) is 11.2. The van der Waals surface area contributed by atoms with E-state index in [2.05, 4.69) is 20.8 Å². The molecular weight excluding hydrogens is 476 g/mol. The molecule has 0 aliphatic heterocycles. The Hall–Kier alpha value is -1.32. The van der Waals surface area contributed by atoms with Crippen molar-refractivity contribution in [1.29, 1.82) is 0 Å². The summed E-state index contributed by atoms with van der Waals surface area (Å²) in [7, 11) is -2.23. The van der Waals surface area contributed by atoms with Gasteiger partial charge in [-0.15, -0.1) is 0 Å². The van der Waals surface area contributed by atoms with Gasteiger partial charge in [-0.05, 0) is 36.2 Å². The molecule has 2 saturated carbocycles. The van der Waals surface area contributed by atoms with Crippen LogP contribution in [0.1, 0.15) is 61.8 Å². The number of hydrogen-bond donors (Lipinski definition) is 3. The van der Waals surface area contributed by atoms with Crippen LogP contribution < -0.4 is 0 Å². The number of carbonyl (C=O) groups excluding carboxylic acids is 2. The molecule has 36 heavy (non-hydrogen) atoms. The van der Waals surface area contributed by atoms with E-state index in [-0.39, 0.29) is 18.9 Å². The summed E-state index contributed by atoms with van der Waals surface area (Å²) in [6.07, 6.45) is 2.94. The van der Waals surface area contributed by atoms with Gasteiger partial charge in [0, 0.05) is 42.4 Å². The third-order valence-electron chi connectivity index (χ3n) is 10.6. The van der Waals surface area contributed by atoms with Crippen LogP contribution in [-0.2, 0) is 18.8 Å².